The summed E-state index contributed by atoms with van der Waals surface area (Å²) in [5.41, 5.74) is 4.13. The number of alkyl halides is 1. The summed E-state index contributed by atoms with van der Waals surface area (Å²) in [6.07, 6.45) is 1.65. The van der Waals surface area contributed by atoms with Gasteiger partial charge >= 0.3 is 5.69 Å². The van der Waals surface area contributed by atoms with Gasteiger partial charge in [-0.05, 0) is 56.0 Å². The average Bonchev–Trinajstić information content (AvgIpc) is 3.31. The van der Waals surface area contributed by atoms with Gasteiger partial charge in [0.1, 0.15) is 12.2 Å². The van der Waals surface area contributed by atoms with Gasteiger partial charge in [0.25, 0.3) is 15.7 Å². The van der Waals surface area contributed by atoms with E-state index in [0.717, 1.165) is 30.0 Å². The van der Waals surface area contributed by atoms with Gasteiger partial charge in [0, 0.05) is 23.6 Å². The van der Waals surface area contributed by atoms with Crippen LogP contribution in [0, 0.1) is 6.92 Å². The molecule has 4 atom stereocenters. The smallest absolute Gasteiger partial charge is 0.333 e. The molecule has 0 saturated carbocycles. The zero-order chi connectivity index (χ0) is 34.4. The normalized spacial score (nSPS) is 25.7. The number of nitrogens with two attached hydrogens (primary N) is 1. The quantitative estimate of drug-likeness (QED) is 0.127. The van der Waals surface area contributed by atoms with Gasteiger partial charge in [-0.2, -0.15) is 8.42 Å². The number of nitrogens with zero attached hydrogens (tertiary/aromatic N) is 2. The highest BCUT2D eigenvalue weighted by atomic mass is 79.9. The van der Waals surface area contributed by atoms with Crippen LogP contribution in [0.2, 0.25) is 36.3 Å². The zero-order valence-corrected chi connectivity index (χ0v) is 33.3. The second-order valence-corrected chi connectivity index (χ2v) is 27.1. The fourth-order valence-electron chi connectivity index (χ4n) is 5.07. The highest BCUT2D eigenvalue weighted by molar-refractivity contribution is 9.09. The predicted octanol–water partition coefficient (Wildman–Crippen LogP) is 5.48. The van der Waals surface area contributed by atoms with Gasteiger partial charge in [0.15, 0.2) is 28.5 Å². The van der Waals surface area contributed by atoms with Gasteiger partial charge in [0.2, 0.25) is 0 Å². The standard InChI is InChI=1S/C30H54BrN3O8SSi2/c1-21-18-34(27(36)33(25(21)35)17-15-13-12-14-16-31)26-24(41-45(10,11)29(5,6)7)30(22(32)20-43(37,38)42-30)23(40-26)19-39-44(8,9)28(2,3)4/h18,20,23-24,26H,12-17,19,32H2,1-11H3/t23-,24+,26-,30?/m1/s1. The van der Waals surface area contributed by atoms with Crippen LogP contribution in [0.15, 0.2) is 26.9 Å². The molecule has 1 saturated heterocycles. The minimum absolute atomic E-state index is 0.0324. The molecule has 0 bridgehead atoms. The van der Waals surface area contributed by atoms with Crippen molar-refractivity contribution in [3.05, 3.63) is 43.7 Å². The predicted molar refractivity (Wildman–Crippen MR) is 186 cm³/mol. The Hall–Kier alpha value is -1.08. The zero-order valence-electron chi connectivity index (χ0n) is 28.9. The molecule has 2 N–H and O–H groups in total. The maximum Gasteiger partial charge on any atom is 0.333 e. The number of ether oxygens (including phenoxy) is 1. The van der Waals surface area contributed by atoms with Crippen LogP contribution in [-0.4, -0.2) is 63.9 Å². The lowest BCUT2D eigenvalue weighted by atomic mass is 9.89. The van der Waals surface area contributed by atoms with E-state index >= 15 is 0 Å². The summed E-state index contributed by atoms with van der Waals surface area (Å²) in [6, 6.07) is 0. The average molecular weight is 753 g/mol. The van der Waals surface area contributed by atoms with Gasteiger partial charge in [-0.15, -0.1) is 0 Å². The van der Waals surface area contributed by atoms with E-state index in [0.29, 0.717) is 12.0 Å². The summed E-state index contributed by atoms with van der Waals surface area (Å²) in [6.45, 7) is 22.6. The van der Waals surface area contributed by atoms with Gasteiger partial charge in [-0.1, -0.05) is 70.3 Å². The fraction of sp³-hybridized carbons (Fsp3) is 0.800. The number of hydrogen-bond acceptors (Lipinski definition) is 9. The SMILES string of the molecule is Cc1cn([C@@H]2O[C@H](CO[Si](C)(C)C(C)(C)C)C3(OS(=O)(=O)C=C3N)[C@H]2O[Si](C)(C)C(C)(C)C)c(=O)n(CCCCCCBr)c1=O. The highest BCUT2D eigenvalue weighted by Crippen LogP contribution is 2.52. The topological polar surface area (TPSA) is 141 Å². The Kier molecular flexibility index (Phi) is 11.5. The monoisotopic (exact) mass is 751 g/mol. The number of halogens is 1. The van der Waals surface area contributed by atoms with E-state index in [9.17, 15) is 18.0 Å². The molecule has 0 radical (unpaired) electrons. The van der Waals surface area contributed by atoms with Crippen molar-refractivity contribution in [3.63, 3.8) is 0 Å². The lowest BCUT2D eigenvalue weighted by molar-refractivity contribution is -0.0567. The second kappa shape index (κ2) is 13.4. The Morgan fingerprint density at radius 1 is 1.00 bits per heavy atom. The van der Waals surface area contributed by atoms with Crippen molar-refractivity contribution in [1.82, 2.24) is 9.13 Å². The number of rotatable bonds is 12. The van der Waals surface area contributed by atoms with Gasteiger partial charge in [0.05, 0.1) is 17.7 Å². The Morgan fingerprint density at radius 2 is 1.58 bits per heavy atom. The summed E-state index contributed by atoms with van der Waals surface area (Å²) < 4.78 is 54.7. The molecule has 3 heterocycles. The molecule has 15 heteroatoms. The van der Waals surface area contributed by atoms with Gasteiger partial charge < -0.3 is 19.3 Å². The molecule has 2 aliphatic rings. The largest absolute Gasteiger partial charge is 0.414 e. The molecular weight excluding hydrogens is 698 g/mol. The third-order valence-corrected chi connectivity index (χ3v) is 20.5. The van der Waals surface area contributed by atoms with Crippen molar-refractivity contribution in [1.29, 1.82) is 0 Å². The molecule has 258 valence electrons. The van der Waals surface area contributed by atoms with Crippen LogP contribution >= 0.6 is 15.9 Å². The molecule has 45 heavy (non-hydrogen) atoms. The van der Waals surface area contributed by atoms with E-state index in [1.54, 1.807) is 6.92 Å². The minimum atomic E-state index is -4.21. The summed E-state index contributed by atoms with van der Waals surface area (Å²) in [7, 11) is -9.24. The number of aryl methyl sites for hydroxylation is 1. The second-order valence-electron chi connectivity index (χ2n) is 15.4. The van der Waals surface area contributed by atoms with Crippen molar-refractivity contribution in [2.24, 2.45) is 5.73 Å². The third kappa shape index (κ3) is 7.81. The Labute approximate surface area is 279 Å². The van der Waals surface area contributed by atoms with Crippen LogP contribution in [0.4, 0.5) is 0 Å². The van der Waals surface area contributed by atoms with Crippen molar-refractivity contribution < 1.29 is 26.2 Å². The third-order valence-electron chi connectivity index (χ3n) is 9.98. The van der Waals surface area contributed by atoms with Crippen LogP contribution in [0.3, 0.4) is 0 Å². The molecule has 2 aliphatic heterocycles. The van der Waals surface area contributed by atoms with Crippen LogP contribution in [0.1, 0.15) is 79.0 Å². The Morgan fingerprint density at radius 3 is 2.09 bits per heavy atom. The molecule has 1 aromatic rings. The van der Waals surface area contributed by atoms with Crippen molar-refractivity contribution in [2.45, 2.75) is 141 Å². The molecular formula is C30H54BrN3O8SSi2. The minimum Gasteiger partial charge on any atom is -0.414 e. The summed E-state index contributed by atoms with van der Waals surface area (Å²) in [4.78, 5) is 27.3. The summed E-state index contributed by atoms with van der Waals surface area (Å²) in [5.74, 6) is 0. The fourth-order valence-corrected chi connectivity index (χ4v) is 8.97. The molecule has 11 nitrogen and oxygen atoms in total. The molecule has 1 aromatic heterocycles. The first kappa shape index (κ1) is 38.4. The number of unbranched alkanes of at least 4 members (excludes halogenated alkanes) is 3. The first-order valence-electron chi connectivity index (χ1n) is 15.7. The maximum absolute atomic E-state index is 14.1. The van der Waals surface area contributed by atoms with Crippen LogP contribution in [-0.2, 0) is 34.4 Å². The first-order chi connectivity index (χ1) is 20.4. The number of hydrogen-bond donors (Lipinski definition) is 1. The lowest BCUT2D eigenvalue weighted by Gasteiger charge is -2.43. The van der Waals surface area contributed by atoms with E-state index in [-0.39, 0.29) is 34.5 Å². The molecule has 3 rings (SSSR count). The van der Waals surface area contributed by atoms with E-state index in [1.807, 2.05) is 13.1 Å². The molecule has 1 spiro atoms. The summed E-state index contributed by atoms with van der Waals surface area (Å²) in [5, 5.41) is 1.37. The molecule has 0 aromatic carbocycles. The van der Waals surface area contributed by atoms with E-state index in [2.05, 4.69) is 70.6 Å². The lowest BCUT2D eigenvalue weighted by Crippen LogP contribution is -2.59. The van der Waals surface area contributed by atoms with Gasteiger partial charge in [-0.25, -0.2) is 8.98 Å². The molecule has 1 fully saturated rings. The molecule has 1 unspecified atom stereocenters. The Balaban J connectivity index is 2.22. The van der Waals surface area contributed by atoms with E-state index < -0.39 is 56.5 Å². The van der Waals surface area contributed by atoms with Crippen LogP contribution in [0.25, 0.3) is 0 Å². The van der Waals surface area contributed by atoms with Crippen molar-refractivity contribution >= 4 is 42.7 Å². The van der Waals surface area contributed by atoms with E-state index in [1.165, 1.54) is 15.3 Å². The van der Waals surface area contributed by atoms with Crippen LogP contribution < -0.4 is 17.0 Å². The Bertz CT molecular complexity index is 1490. The highest BCUT2D eigenvalue weighted by Gasteiger charge is 2.67. The maximum atomic E-state index is 14.1. The molecule has 0 amide bonds. The summed E-state index contributed by atoms with van der Waals surface area (Å²) >= 11 is 3.44. The molecule has 0 aliphatic carbocycles. The van der Waals surface area contributed by atoms with E-state index in [4.69, 9.17) is 23.5 Å². The first-order valence-corrected chi connectivity index (χ1v) is 24.1. The van der Waals surface area contributed by atoms with Crippen molar-refractivity contribution in [3.8, 4) is 0 Å². The number of aromatic nitrogens is 2. The van der Waals surface area contributed by atoms with Crippen molar-refractivity contribution in [2.75, 3.05) is 11.9 Å². The van der Waals surface area contributed by atoms with Crippen LogP contribution in [0.5, 0.6) is 0 Å². The van der Waals surface area contributed by atoms with Gasteiger partial charge in [-0.3, -0.25) is 13.9 Å².